The van der Waals surface area contributed by atoms with Gasteiger partial charge in [-0.15, -0.1) is 0 Å². The van der Waals surface area contributed by atoms with Gasteiger partial charge in [-0.2, -0.15) is 0 Å². The number of carbonyl (C=O) groups is 2. The Labute approximate surface area is 167 Å². The lowest BCUT2D eigenvalue weighted by molar-refractivity contribution is -0.115. The van der Waals surface area contributed by atoms with Gasteiger partial charge in [0.2, 0.25) is 5.91 Å². The van der Waals surface area contributed by atoms with E-state index in [1.165, 1.54) is 0 Å². The van der Waals surface area contributed by atoms with Crippen LogP contribution in [-0.2, 0) is 17.8 Å². The highest BCUT2D eigenvalue weighted by atomic mass is 35.5. The minimum Gasteiger partial charge on any atom is -0.488 e. The molecule has 0 saturated carbocycles. The molecule has 0 saturated heterocycles. The average molecular weight is 393 g/mol. The number of hydrogen-bond acceptors (Lipinski definition) is 3. The fourth-order valence-corrected chi connectivity index (χ4v) is 3.15. The van der Waals surface area contributed by atoms with Gasteiger partial charge in [-0.3, -0.25) is 9.59 Å². The maximum Gasteiger partial charge on any atom is 0.259 e. The van der Waals surface area contributed by atoms with Gasteiger partial charge in [-0.05, 0) is 53.6 Å². The van der Waals surface area contributed by atoms with Gasteiger partial charge in [0.25, 0.3) is 5.91 Å². The molecule has 6 heteroatoms. The first-order valence-electron chi connectivity index (χ1n) is 8.79. The molecule has 1 aliphatic heterocycles. The second-order valence-corrected chi connectivity index (χ2v) is 6.90. The van der Waals surface area contributed by atoms with Gasteiger partial charge in [0.05, 0.1) is 12.0 Å². The molecule has 0 aliphatic carbocycles. The Balaban J connectivity index is 1.48. The molecule has 3 aromatic carbocycles. The van der Waals surface area contributed by atoms with Crippen LogP contribution in [0.4, 0.5) is 11.4 Å². The molecule has 0 unspecified atom stereocenters. The molecule has 5 nitrogen and oxygen atoms in total. The zero-order chi connectivity index (χ0) is 19.5. The third-order valence-corrected chi connectivity index (χ3v) is 4.68. The standard InChI is InChI=1S/C22H17ClN2O3/c23-16-7-5-14(6-8-16)13-28-20-4-2-1-3-18(20)22(27)24-17-9-10-19-15(11-17)12-21(26)25-19/h1-11H,12-13H2,(H,24,27)(H,25,26). The third-order valence-electron chi connectivity index (χ3n) is 4.43. The highest BCUT2D eigenvalue weighted by molar-refractivity contribution is 6.30. The molecule has 0 spiro atoms. The van der Waals surface area contributed by atoms with Crippen molar-refractivity contribution in [3.8, 4) is 5.75 Å². The third kappa shape index (κ3) is 4.00. The molecular formula is C22H17ClN2O3. The Hall–Kier alpha value is -3.31. The zero-order valence-corrected chi connectivity index (χ0v) is 15.6. The van der Waals surface area contributed by atoms with Gasteiger partial charge >= 0.3 is 0 Å². The van der Waals surface area contributed by atoms with E-state index in [0.717, 1.165) is 16.8 Å². The molecule has 0 bridgehead atoms. The van der Waals surface area contributed by atoms with E-state index in [0.29, 0.717) is 35.1 Å². The van der Waals surface area contributed by atoms with E-state index in [1.54, 1.807) is 42.5 Å². The van der Waals surface area contributed by atoms with Crippen LogP contribution in [-0.4, -0.2) is 11.8 Å². The molecule has 1 aliphatic rings. The summed E-state index contributed by atoms with van der Waals surface area (Å²) in [5.74, 6) is 0.177. The number of para-hydroxylation sites is 1. The molecule has 0 fully saturated rings. The van der Waals surface area contributed by atoms with Crippen molar-refractivity contribution in [3.05, 3.63) is 88.4 Å². The van der Waals surface area contributed by atoms with Crippen LogP contribution < -0.4 is 15.4 Å². The second-order valence-electron chi connectivity index (χ2n) is 6.46. The van der Waals surface area contributed by atoms with Crippen molar-refractivity contribution in [2.24, 2.45) is 0 Å². The first-order valence-corrected chi connectivity index (χ1v) is 9.17. The van der Waals surface area contributed by atoms with E-state index in [2.05, 4.69) is 10.6 Å². The van der Waals surface area contributed by atoms with Gasteiger partial charge in [0.1, 0.15) is 12.4 Å². The van der Waals surface area contributed by atoms with Crippen molar-refractivity contribution in [3.63, 3.8) is 0 Å². The van der Waals surface area contributed by atoms with Gasteiger partial charge in [0.15, 0.2) is 0 Å². The Kier molecular flexibility index (Phi) is 5.00. The summed E-state index contributed by atoms with van der Waals surface area (Å²) in [5.41, 5.74) is 3.68. The van der Waals surface area contributed by atoms with Gasteiger partial charge in [-0.25, -0.2) is 0 Å². The van der Waals surface area contributed by atoms with Crippen LogP contribution >= 0.6 is 11.6 Å². The van der Waals surface area contributed by atoms with Crippen LogP contribution in [0.3, 0.4) is 0 Å². The second kappa shape index (κ2) is 7.74. The van der Waals surface area contributed by atoms with Crippen molar-refractivity contribution in [2.75, 3.05) is 10.6 Å². The molecule has 4 rings (SSSR count). The summed E-state index contributed by atoms with van der Waals surface area (Å²) in [7, 11) is 0. The Morgan fingerprint density at radius 2 is 1.86 bits per heavy atom. The van der Waals surface area contributed by atoms with Crippen LogP contribution in [0, 0.1) is 0 Å². The first-order chi connectivity index (χ1) is 13.6. The van der Waals surface area contributed by atoms with Crippen molar-refractivity contribution in [2.45, 2.75) is 13.0 Å². The van der Waals surface area contributed by atoms with E-state index < -0.39 is 0 Å². The van der Waals surface area contributed by atoms with Crippen LogP contribution in [0.2, 0.25) is 5.02 Å². The molecule has 0 aromatic heterocycles. The Bertz CT molecular complexity index is 1050. The maximum atomic E-state index is 12.8. The lowest BCUT2D eigenvalue weighted by atomic mass is 10.1. The summed E-state index contributed by atoms with van der Waals surface area (Å²) in [5, 5.41) is 6.31. The van der Waals surface area contributed by atoms with Crippen LogP contribution in [0.15, 0.2) is 66.7 Å². The number of halogens is 1. The zero-order valence-electron chi connectivity index (χ0n) is 14.9. The molecular weight excluding hydrogens is 376 g/mol. The molecule has 28 heavy (non-hydrogen) atoms. The van der Waals surface area contributed by atoms with Gasteiger partial charge < -0.3 is 15.4 Å². The Morgan fingerprint density at radius 3 is 2.68 bits per heavy atom. The minimum absolute atomic E-state index is 0.0422. The molecule has 0 atom stereocenters. The number of hydrogen-bond donors (Lipinski definition) is 2. The molecule has 2 N–H and O–H groups in total. The number of ether oxygens (including phenoxy) is 1. The summed E-state index contributed by atoms with van der Waals surface area (Å²) >= 11 is 5.90. The predicted molar refractivity (Wildman–Crippen MR) is 109 cm³/mol. The van der Waals surface area contributed by atoms with Crippen LogP contribution in [0.5, 0.6) is 5.75 Å². The predicted octanol–water partition coefficient (Wildman–Crippen LogP) is 4.67. The normalized spacial score (nSPS) is 12.2. The number of fused-ring (bicyclic) bond motifs is 1. The topological polar surface area (TPSA) is 67.4 Å². The van der Waals surface area contributed by atoms with Gasteiger partial charge in [-0.1, -0.05) is 35.9 Å². The fraction of sp³-hybridized carbons (Fsp3) is 0.0909. The van der Waals surface area contributed by atoms with Crippen LogP contribution in [0.25, 0.3) is 0 Å². The fourth-order valence-electron chi connectivity index (χ4n) is 3.03. The highest BCUT2D eigenvalue weighted by Crippen LogP contribution is 2.27. The molecule has 3 aromatic rings. The Morgan fingerprint density at radius 1 is 1.07 bits per heavy atom. The summed E-state index contributed by atoms with van der Waals surface area (Å²) in [6.07, 6.45) is 0.319. The average Bonchev–Trinajstić information content (AvgIpc) is 3.07. The van der Waals surface area contributed by atoms with Crippen molar-refractivity contribution >= 4 is 34.8 Å². The number of amides is 2. The number of benzene rings is 3. The summed E-state index contributed by atoms with van der Waals surface area (Å²) in [4.78, 5) is 24.2. The van der Waals surface area contributed by atoms with Crippen molar-refractivity contribution in [1.82, 2.24) is 0 Å². The quantitative estimate of drug-likeness (QED) is 0.663. The van der Waals surface area contributed by atoms with Crippen LogP contribution in [0.1, 0.15) is 21.5 Å². The summed E-state index contributed by atoms with van der Waals surface area (Å²) < 4.78 is 5.85. The molecule has 2 amide bonds. The molecule has 0 radical (unpaired) electrons. The SMILES string of the molecule is O=C1Cc2cc(NC(=O)c3ccccc3OCc3ccc(Cl)cc3)ccc2N1. The smallest absolute Gasteiger partial charge is 0.259 e. The lowest BCUT2D eigenvalue weighted by Crippen LogP contribution is -2.13. The van der Waals surface area contributed by atoms with Crippen molar-refractivity contribution in [1.29, 1.82) is 0 Å². The molecule has 140 valence electrons. The summed E-state index contributed by atoms with van der Waals surface area (Å²) in [6.45, 7) is 0.327. The van der Waals surface area contributed by atoms with Crippen molar-refractivity contribution < 1.29 is 14.3 Å². The number of carbonyl (C=O) groups excluding carboxylic acids is 2. The lowest BCUT2D eigenvalue weighted by Gasteiger charge is -2.12. The number of nitrogens with one attached hydrogen (secondary N) is 2. The van der Waals surface area contributed by atoms with E-state index >= 15 is 0 Å². The largest absolute Gasteiger partial charge is 0.488 e. The van der Waals surface area contributed by atoms with E-state index in [9.17, 15) is 9.59 Å². The minimum atomic E-state index is -0.274. The van der Waals surface area contributed by atoms with E-state index in [1.807, 2.05) is 24.3 Å². The van der Waals surface area contributed by atoms with E-state index in [4.69, 9.17) is 16.3 Å². The first kappa shape index (κ1) is 18.1. The summed E-state index contributed by atoms with van der Waals surface area (Å²) in [6, 6.07) is 19.8. The number of anilines is 2. The monoisotopic (exact) mass is 392 g/mol. The van der Waals surface area contributed by atoms with E-state index in [-0.39, 0.29) is 11.8 Å². The van der Waals surface area contributed by atoms with Gasteiger partial charge in [0, 0.05) is 16.4 Å². The maximum absolute atomic E-state index is 12.8. The highest BCUT2D eigenvalue weighted by Gasteiger charge is 2.19. The molecule has 1 heterocycles. The number of rotatable bonds is 5.